The third-order valence-corrected chi connectivity index (χ3v) is 8.19. The van der Waals surface area contributed by atoms with Gasteiger partial charge in [0.15, 0.2) is 5.75 Å². The summed E-state index contributed by atoms with van der Waals surface area (Å²) >= 11 is 6.75. The lowest BCUT2D eigenvalue weighted by atomic mass is 10.0. The molecule has 6 rings (SSSR count). The minimum Gasteiger partial charge on any atom is -0.507 e. The first-order valence-corrected chi connectivity index (χ1v) is 12.8. The largest absolute Gasteiger partial charge is 0.507 e. The summed E-state index contributed by atoms with van der Waals surface area (Å²) in [5.41, 5.74) is 0.0353. The SMILES string of the molecule is O=C(O)N1CCN2C(=O)c3c(N4CCN5CCC[C@H]5C4)nc(-c4c(O)cccc4F)c(Cl)c3OC[C@H]2C1. The van der Waals surface area contributed by atoms with Gasteiger partial charge in [0.25, 0.3) is 5.91 Å². The van der Waals surface area contributed by atoms with Crippen molar-refractivity contribution in [2.45, 2.75) is 24.9 Å². The molecule has 3 fully saturated rings. The zero-order chi connectivity index (χ0) is 25.8. The zero-order valence-electron chi connectivity index (χ0n) is 20.1. The molecule has 0 aliphatic carbocycles. The van der Waals surface area contributed by atoms with E-state index in [-0.39, 0.29) is 65.5 Å². The van der Waals surface area contributed by atoms with Gasteiger partial charge in [0, 0.05) is 45.3 Å². The van der Waals surface area contributed by atoms with E-state index in [1.54, 1.807) is 4.90 Å². The molecule has 37 heavy (non-hydrogen) atoms. The quantitative estimate of drug-likeness (QED) is 0.609. The second-order valence-electron chi connectivity index (χ2n) is 9.91. The summed E-state index contributed by atoms with van der Waals surface area (Å²) in [6.45, 7) is 3.63. The second-order valence-corrected chi connectivity index (χ2v) is 10.3. The molecule has 0 saturated carbocycles. The topological polar surface area (TPSA) is 110 Å². The van der Waals surface area contributed by atoms with Gasteiger partial charge in [0.1, 0.15) is 40.3 Å². The molecule has 0 bridgehead atoms. The van der Waals surface area contributed by atoms with Crippen LogP contribution in [0, 0.1) is 5.82 Å². The Morgan fingerprint density at radius 2 is 1.95 bits per heavy atom. The molecule has 2 N–H and O–H groups in total. The Hall–Kier alpha value is -3.31. The molecular weight excluding hydrogens is 505 g/mol. The molecule has 2 aromatic rings. The number of hydrogen-bond donors (Lipinski definition) is 2. The van der Waals surface area contributed by atoms with Crippen LogP contribution in [0.4, 0.5) is 15.0 Å². The summed E-state index contributed by atoms with van der Waals surface area (Å²) in [7, 11) is 0. The van der Waals surface area contributed by atoms with Crippen LogP contribution in [-0.4, -0.2) is 106 Å². The van der Waals surface area contributed by atoms with Crippen LogP contribution in [0.15, 0.2) is 18.2 Å². The Morgan fingerprint density at radius 1 is 1.11 bits per heavy atom. The summed E-state index contributed by atoms with van der Waals surface area (Å²) in [5.74, 6) is -0.940. The van der Waals surface area contributed by atoms with E-state index in [1.807, 2.05) is 4.90 Å². The van der Waals surface area contributed by atoms with Crippen molar-refractivity contribution in [3.05, 3.63) is 34.6 Å². The van der Waals surface area contributed by atoms with E-state index in [1.165, 1.54) is 23.1 Å². The third kappa shape index (κ3) is 4.00. The van der Waals surface area contributed by atoms with Gasteiger partial charge in [0.2, 0.25) is 0 Å². The molecule has 2 amide bonds. The van der Waals surface area contributed by atoms with Gasteiger partial charge in [-0.1, -0.05) is 17.7 Å². The smallest absolute Gasteiger partial charge is 0.407 e. The summed E-state index contributed by atoms with van der Waals surface area (Å²) < 4.78 is 21.1. The number of carboxylic acid groups (broad SMARTS) is 1. The van der Waals surface area contributed by atoms with Crippen molar-refractivity contribution in [1.29, 1.82) is 0 Å². The van der Waals surface area contributed by atoms with Crippen molar-refractivity contribution in [2.75, 3.05) is 57.3 Å². The second kappa shape index (κ2) is 9.21. The summed E-state index contributed by atoms with van der Waals surface area (Å²) in [5, 5.41) is 19.9. The number of anilines is 1. The molecule has 0 spiro atoms. The van der Waals surface area contributed by atoms with Crippen LogP contribution in [0.1, 0.15) is 23.2 Å². The first kappa shape index (κ1) is 24.1. The Morgan fingerprint density at radius 3 is 2.73 bits per heavy atom. The Kier molecular flexibility index (Phi) is 5.99. The van der Waals surface area contributed by atoms with Crippen molar-refractivity contribution >= 4 is 29.4 Å². The Bertz CT molecular complexity index is 1260. The fourth-order valence-electron chi connectivity index (χ4n) is 5.95. The number of pyridine rings is 1. The molecule has 12 heteroatoms. The van der Waals surface area contributed by atoms with Crippen molar-refractivity contribution in [3.8, 4) is 22.8 Å². The van der Waals surface area contributed by atoms with Crippen LogP contribution < -0.4 is 9.64 Å². The average molecular weight is 532 g/mol. The van der Waals surface area contributed by atoms with Crippen LogP contribution in [0.3, 0.4) is 0 Å². The normalized spacial score (nSPS) is 23.7. The molecule has 3 saturated heterocycles. The van der Waals surface area contributed by atoms with Gasteiger partial charge >= 0.3 is 6.09 Å². The van der Waals surface area contributed by atoms with Gasteiger partial charge in [0.05, 0.1) is 11.6 Å². The molecule has 1 aromatic carbocycles. The molecule has 196 valence electrons. The number of carbonyl (C=O) groups is 2. The lowest BCUT2D eigenvalue weighted by molar-refractivity contribution is 0.0390. The lowest BCUT2D eigenvalue weighted by Gasteiger charge is -2.40. The molecule has 5 heterocycles. The molecule has 1 aromatic heterocycles. The number of hydrogen-bond acceptors (Lipinski definition) is 7. The van der Waals surface area contributed by atoms with Gasteiger partial charge in [-0.25, -0.2) is 14.2 Å². The first-order valence-electron chi connectivity index (χ1n) is 12.5. The number of ether oxygens (including phenoxy) is 1. The average Bonchev–Trinajstić information content (AvgIpc) is 3.30. The molecule has 4 aliphatic heterocycles. The lowest BCUT2D eigenvalue weighted by Crippen LogP contribution is -2.57. The first-order chi connectivity index (χ1) is 17.8. The predicted molar refractivity (Wildman–Crippen MR) is 133 cm³/mol. The molecule has 4 aliphatic rings. The zero-order valence-corrected chi connectivity index (χ0v) is 20.8. The Labute approximate surface area is 217 Å². The molecule has 2 atom stereocenters. The number of nitrogens with zero attached hydrogens (tertiary/aromatic N) is 5. The fraction of sp³-hybridized carbons (Fsp3) is 0.480. The van der Waals surface area contributed by atoms with E-state index >= 15 is 0 Å². The number of phenolic OH excluding ortho intramolecular Hbond substituents is 1. The van der Waals surface area contributed by atoms with Gasteiger partial charge in [-0.05, 0) is 31.5 Å². The van der Waals surface area contributed by atoms with Crippen molar-refractivity contribution in [2.24, 2.45) is 0 Å². The highest BCUT2D eigenvalue weighted by atomic mass is 35.5. The number of halogens is 2. The van der Waals surface area contributed by atoms with Crippen molar-refractivity contribution < 1.29 is 28.9 Å². The number of rotatable bonds is 2. The predicted octanol–water partition coefficient (Wildman–Crippen LogP) is 2.73. The number of piperazine rings is 2. The van der Waals surface area contributed by atoms with E-state index in [4.69, 9.17) is 21.3 Å². The van der Waals surface area contributed by atoms with Crippen molar-refractivity contribution in [3.63, 3.8) is 0 Å². The highest BCUT2D eigenvalue weighted by Gasteiger charge is 2.42. The van der Waals surface area contributed by atoms with Crippen LogP contribution in [0.5, 0.6) is 11.5 Å². The van der Waals surface area contributed by atoms with Crippen LogP contribution in [0.25, 0.3) is 11.3 Å². The minimum atomic E-state index is -1.05. The number of phenols is 1. The number of benzene rings is 1. The van der Waals surface area contributed by atoms with Gasteiger partial charge < -0.3 is 29.6 Å². The Balaban J connectivity index is 1.49. The van der Waals surface area contributed by atoms with E-state index in [0.29, 0.717) is 24.9 Å². The summed E-state index contributed by atoms with van der Waals surface area (Å²) in [6.07, 6.45) is 1.09. The van der Waals surface area contributed by atoms with E-state index in [2.05, 4.69) is 4.90 Å². The maximum atomic E-state index is 15.0. The fourth-order valence-corrected chi connectivity index (χ4v) is 6.23. The van der Waals surface area contributed by atoms with E-state index in [0.717, 1.165) is 25.9 Å². The number of aromatic nitrogens is 1. The molecular formula is C25H27ClFN5O5. The third-order valence-electron chi connectivity index (χ3n) is 7.84. The number of amides is 2. The van der Waals surface area contributed by atoms with E-state index in [9.17, 15) is 24.2 Å². The van der Waals surface area contributed by atoms with Crippen LogP contribution in [-0.2, 0) is 0 Å². The number of carbonyl (C=O) groups excluding carboxylic acids is 1. The van der Waals surface area contributed by atoms with E-state index < -0.39 is 18.0 Å². The van der Waals surface area contributed by atoms with Crippen molar-refractivity contribution in [1.82, 2.24) is 19.7 Å². The highest BCUT2D eigenvalue weighted by molar-refractivity contribution is 6.35. The number of aromatic hydroxyl groups is 1. The van der Waals surface area contributed by atoms with Gasteiger partial charge in [-0.15, -0.1) is 0 Å². The maximum absolute atomic E-state index is 15.0. The number of fused-ring (bicyclic) bond motifs is 3. The molecule has 0 radical (unpaired) electrons. The summed E-state index contributed by atoms with van der Waals surface area (Å²) in [4.78, 5) is 37.6. The van der Waals surface area contributed by atoms with Gasteiger partial charge in [-0.2, -0.15) is 0 Å². The maximum Gasteiger partial charge on any atom is 0.407 e. The standard InChI is InChI=1S/C25H27ClFN5O5/c26-20-21(18-16(27)4-1-5-17(18)33)28-23(30-8-7-29-6-2-3-14(29)11-30)19-22(20)37-13-15-12-31(25(35)36)9-10-32(15)24(19)34/h1,4-5,14-15,33H,2-3,6-13H2,(H,35,36)/t14-,15+/m0/s1. The molecule has 10 nitrogen and oxygen atoms in total. The monoisotopic (exact) mass is 531 g/mol. The van der Waals surface area contributed by atoms with Crippen LogP contribution in [0.2, 0.25) is 5.02 Å². The highest BCUT2D eigenvalue weighted by Crippen LogP contribution is 2.46. The minimum absolute atomic E-state index is 0.000275. The van der Waals surface area contributed by atoms with Crippen LogP contribution >= 0.6 is 11.6 Å². The molecule has 0 unspecified atom stereocenters. The summed E-state index contributed by atoms with van der Waals surface area (Å²) in [6, 6.07) is 3.76. The van der Waals surface area contributed by atoms with Gasteiger partial charge in [-0.3, -0.25) is 9.69 Å².